The summed E-state index contributed by atoms with van der Waals surface area (Å²) in [5, 5.41) is 8.78. The third-order valence-corrected chi connectivity index (χ3v) is 1.61. The minimum atomic E-state index is -0.0461. The van der Waals surface area contributed by atoms with Crippen LogP contribution in [0.4, 0.5) is 0 Å². The van der Waals surface area contributed by atoms with Gasteiger partial charge in [-0.1, -0.05) is 6.07 Å². The molecule has 0 saturated heterocycles. The van der Waals surface area contributed by atoms with E-state index in [4.69, 9.17) is 9.84 Å². The van der Waals surface area contributed by atoms with E-state index in [0.29, 0.717) is 11.3 Å². The molecule has 0 radical (unpaired) electrons. The molecule has 0 aliphatic heterocycles. The fraction of sp³-hybridized carbons (Fsp3) is 0.222. The summed E-state index contributed by atoms with van der Waals surface area (Å²) in [6.45, 7) is -0.0461. The largest absolute Gasteiger partial charge is 0.496 e. The molecule has 3 heteroatoms. The van der Waals surface area contributed by atoms with E-state index >= 15 is 0 Å². The van der Waals surface area contributed by atoms with Crippen LogP contribution in [0.15, 0.2) is 18.2 Å². The van der Waals surface area contributed by atoms with Crippen molar-refractivity contribution in [2.75, 3.05) is 7.11 Å². The third-order valence-electron chi connectivity index (χ3n) is 1.61. The van der Waals surface area contributed by atoms with E-state index in [9.17, 15) is 4.79 Å². The van der Waals surface area contributed by atoms with Crippen molar-refractivity contribution in [1.29, 1.82) is 0 Å². The van der Waals surface area contributed by atoms with Crippen molar-refractivity contribution in [3.63, 3.8) is 0 Å². The molecule has 0 atom stereocenters. The molecule has 0 unspecified atom stereocenters. The van der Waals surface area contributed by atoms with Gasteiger partial charge in [-0.25, -0.2) is 0 Å². The monoisotopic (exact) mass is 166 g/mol. The van der Waals surface area contributed by atoms with Gasteiger partial charge in [0.2, 0.25) is 0 Å². The molecule has 0 aliphatic carbocycles. The highest BCUT2D eigenvalue weighted by molar-refractivity contribution is 5.79. The normalized spacial score (nSPS) is 9.50. The number of methoxy groups -OCH3 is 1. The highest BCUT2D eigenvalue weighted by Crippen LogP contribution is 2.17. The predicted octanol–water partition coefficient (Wildman–Crippen LogP) is 1.00. The fourth-order valence-corrected chi connectivity index (χ4v) is 0.951. The molecule has 3 nitrogen and oxygen atoms in total. The Hall–Kier alpha value is -1.35. The van der Waals surface area contributed by atoms with E-state index in [2.05, 4.69) is 0 Å². The smallest absolute Gasteiger partial charge is 0.153 e. The maximum absolute atomic E-state index is 10.4. The molecule has 0 aliphatic rings. The summed E-state index contributed by atoms with van der Waals surface area (Å²) in [6.07, 6.45) is 0.722. The Balaban J connectivity index is 3.10. The number of hydrogen-bond acceptors (Lipinski definition) is 3. The zero-order chi connectivity index (χ0) is 8.97. The summed E-state index contributed by atoms with van der Waals surface area (Å²) in [4.78, 5) is 10.4. The lowest BCUT2D eigenvalue weighted by atomic mass is 10.1. The second-order valence-electron chi connectivity index (χ2n) is 2.35. The Morgan fingerprint density at radius 1 is 1.58 bits per heavy atom. The summed E-state index contributed by atoms with van der Waals surface area (Å²) >= 11 is 0. The lowest BCUT2D eigenvalue weighted by Crippen LogP contribution is -1.92. The number of hydrogen-bond donors (Lipinski definition) is 1. The van der Waals surface area contributed by atoms with Crippen LogP contribution in [0.2, 0.25) is 0 Å². The third kappa shape index (κ3) is 1.62. The molecule has 0 fully saturated rings. The summed E-state index contributed by atoms with van der Waals surface area (Å²) in [6, 6.07) is 4.95. The van der Waals surface area contributed by atoms with Crippen molar-refractivity contribution in [3.8, 4) is 5.75 Å². The van der Waals surface area contributed by atoms with Crippen LogP contribution in [0.5, 0.6) is 5.75 Å². The Kier molecular flexibility index (Phi) is 2.82. The standard InChI is InChI=1S/C9H10O3/c1-12-9-4-7(5-10)2-3-8(9)6-11/h2-4,6,10H,5H2,1H3. The van der Waals surface area contributed by atoms with Gasteiger partial charge in [0.25, 0.3) is 0 Å². The van der Waals surface area contributed by atoms with E-state index in [1.54, 1.807) is 18.2 Å². The van der Waals surface area contributed by atoms with Crippen LogP contribution >= 0.6 is 0 Å². The summed E-state index contributed by atoms with van der Waals surface area (Å²) < 4.78 is 4.94. The van der Waals surface area contributed by atoms with Crippen molar-refractivity contribution < 1.29 is 14.6 Å². The van der Waals surface area contributed by atoms with Gasteiger partial charge >= 0.3 is 0 Å². The van der Waals surface area contributed by atoms with Crippen LogP contribution in [0.25, 0.3) is 0 Å². The zero-order valence-corrected chi connectivity index (χ0v) is 6.78. The number of ether oxygens (including phenoxy) is 1. The second kappa shape index (κ2) is 3.88. The number of aldehydes is 1. The van der Waals surface area contributed by atoms with E-state index in [1.807, 2.05) is 0 Å². The van der Waals surface area contributed by atoms with Gasteiger partial charge in [-0.3, -0.25) is 4.79 Å². The average molecular weight is 166 g/mol. The van der Waals surface area contributed by atoms with Gasteiger partial charge in [0.05, 0.1) is 19.3 Å². The van der Waals surface area contributed by atoms with E-state index in [0.717, 1.165) is 11.8 Å². The molecule has 64 valence electrons. The van der Waals surface area contributed by atoms with Crippen molar-refractivity contribution in [2.45, 2.75) is 6.61 Å². The Morgan fingerprint density at radius 3 is 2.83 bits per heavy atom. The van der Waals surface area contributed by atoms with Crippen molar-refractivity contribution >= 4 is 6.29 Å². The predicted molar refractivity (Wildman–Crippen MR) is 44.3 cm³/mol. The average Bonchev–Trinajstić information content (AvgIpc) is 2.16. The van der Waals surface area contributed by atoms with Gasteiger partial charge in [0, 0.05) is 0 Å². The van der Waals surface area contributed by atoms with Crippen molar-refractivity contribution in [1.82, 2.24) is 0 Å². The topological polar surface area (TPSA) is 46.5 Å². The van der Waals surface area contributed by atoms with Gasteiger partial charge in [-0.2, -0.15) is 0 Å². The first-order valence-electron chi connectivity index (χ1n) is 3.54. The van der Waals surface area contributed by atoms with Crippen LogP contribution in [-0.2, 0) is 6.61 Å². The molecule has 1 aromatic carbocycles. The number of aliphatic hydroxyl groups is 1. The SMILES string of the molecule is COc1cc(CO)ccc1C=O. The van der Waals surface area contributed by atoms with Gasteiger partial charge in [0.15, 0.2) is 6.29 Å². The molecule has 0 bridgehead atoms. The fourth-order valence-electron chi connectivity index (χ4n) is 0.951. The highest BCUT2D eigenvalue weighted by Gasteiger charge is 2.01. The molecule has 0 amide bonds. The number of rotatable bonds is 3. The zero-order valence-electron chi connectivity index (χ0n) is 6.78. The van der Waals surface area contributed by atoms with E-state index in [-0.39, 0.29) is 6.61 Å². The van der Waals surface area contributed by atoms with Gasteiger partial charge in [-0.05, 0) is 17.7 Å². The first-order valence-corrected chi connectivity index (χ1v) is 3.54. The quantitative estimate of drug-likeness (QED) is 0.681. The molecular weight excluding hydrogens is 156 g/mol. The lowest BCUT2D eigenvalue weighted by molar-refractivity contribution is 0.112. The maximum atomic E-state index is 10.4. The minimum absolute atomic E-state index is 0.0461. The van der Waals surface area contributed by atoms with Crippen LogP contribution in [0, 0.1) is 0 Å². The molecule has 0 heterocycles. The van der Waals surface area contributed by atoms with E-state index < -0.39 is 0 Å². The Labute approximate surface area is 70.6 Å². The molecule has 1 N–H and O–H groups in total. The number of carbonyl (C=O) groups excluding carboxylic acids is 1. The van der Waals surface area contributed by atoms with Crippen LogP contribution < -0.4 is 4.74 Å². The Bertz CT molecular complexity index is 281. The Morgan fingerprint density at radius 2 is 2.33 bits per heavy atom. The molecule has 12 heavy (non-hydrogen) atoms. The van der Waals surface area contributed by atoms with E-state index in [1.165, 1.54) is 7.11 Å². The molecular formula is C9H10O3. The molecule has 1 rings (SSSR count). The number of aliphatic hydroxyl groups excluding tert-OH is 1. The summed E-state index contributed by atoms with van der Waals surface area (Å²) in [7, 11) is 1.49. The molecule has 0 spiro atoms. The van der Waals surface area contributed by atoms with Crippen molar-refractivity contribution in [2.24, 2.45) is 0 Å². The van der Waals surface area contributed by atoms with Crippen LogP contribution in [0.3, 0.4) is 0 Å². The maximum Gasteiger partial charge on any atom is 0.153 e. The van der Waals surface area contributed by atoms with Crippen LogP contribution in [0.1, 0.15) is 15.9 Å². The van der Waals surface area contributed by atoms with Gasteiger partial charge < -0.3 is 9.84 Å². The molecule has 0 aromatic heterocycles. The first-order chi connectivity index (χ1) is 5.81. The highest BCUT2D eigenvalue weighted by atomic mass is 16.5. The number of carbonyl (C=O) groups is 1. The van der Waals surface area contributed by atoms with Gasteiger partial charge in [0.1, 0.15) is 5.75 Å². The lowest BCUT2D eigenvalue weighted by Gasteiger charge is -2.04. The summed E-state index contributed by atoms with van der Waals surface area (Å²) in [5.74, 6) is 0.497. The summed E-state index contributed by atoms with van der Waals surface area (Å²) in [5.41, 5.74) is 1.23. The molecule has 0 saturated carbocycles. The minimum Gasteiger partial charge on any atom is -0.496 e. The van der Waals surface area contributed by atoms with Gasteiger partial charge in [-0.15, -0.1) is 0 Å². The first kappa shape index (κ1) is 8.74. The van der Waals surface area contributed by atoms with Crippen molar-refractivity contribution in [3.05, 3.63) is 29.3 Å². The molecule has 1 aromatic rings. The van der Waals surface area contributed by atoms with Crippen LogP contribution in [-0.4, -0.2) is 18.5 Å². The number of benzene rings is 1. The second-order valence-corrected chi connectivity index (χ2v) is 2.35.